The second-order valence-corrected chi connectivity index (χ2v) is 5.73. The van der Waals surface area contributed by atoms with E-state index in [1.54, 1.807) is 11.3 Å². The molecule has 0 amide bonds. The number of rotatable bonds is 3. The monoisotopic (exact) mass is 277 g/mol. The van der Waals surface area contributed by atoms with Crippen LogP contribution in [0, 0.1) is 0 Å². The van der Waals surface area contributed by atoms with Gasteiger partial charge in [-0.3, -0.25) is 5.10 Å². The number of para-hydroxylation sites is 1. The lowest BCUT2D eigenvalue weighted by molar-refractivity contribution is 0.891. The van der Waals surface area contributed by atoms with Crippen molar-refractivity contribution in [2.75, 3.05) is 5.32 Å². The normalized spacial score (nSPS) is 12.8. The van der Waals surface area contributed by atoms with Gasteiger partial charge in [0.25, 0.3) is 0 Å². The highest BCUT2D eigenvalue weighted by atomic mass is 35.5. The quantitative estimate of drug-likeness (QED) is 0.742. The Labute approximate surface area is 114 Å². The molecular formula is C13H12ClN3S. The van der Waals surface area contributed by atoms with Crippen LogP contribution >= 0.6 is 22.9 Å². The summed E-state index contributed by atoms with van der Waals surface area (Å²) in [5, 5.41) is 13.7. The van der Waals surface area contributed by atoms with Crippen LogP contribution in [0.3, 0.4) is 0 Å². The van der Waals surface area contributed by atoms with Crippen LogP contribution in [0.1, 0.15) is 18.5 Å². The molecule has 2 aromatic heterocycles. The van der Waals surface area contributed by atoms with Gasteiger partial charge in [0.1, 0.15) is 0 Å². The summed E-state index contributed by atoms with van der Waals surface area (Å²) in [6.07, 6.45) is 1.83. The maximum absolute atomic E-state index is 5.96. The Hall–Kier alpha value is -1.52. The molecule has 92 valence electrons. The molecule has 3 rings (SSSR count). The van der Waals surface area contributed by atoms with Gasteiger partial charge in [0.2, 0.25) is 0 Å². The van der Waals surface area contributed by atoms with Crippen LogP contribution in [-0.2, 0) is 0 Å². The van der Waals surface area contributed by atoms with E-state index in [1.165, 1.54) is 5.56 Å². The summed E-state index contributed by atoms with van der Waals surface area (Å²) >= 11 is 7.51. The molecule has 1 unspecified atom stereocenters. The number of aromatic amines is 1. The third-order valence-electron chi connectivity index (χ3n) is 2.94. The number of nitrogens with one attached hydrogen (secondary N) is 2. The largest absolute Gasteiger partial charge is 0.377 e. The van der Waals surface area contributed by atoms with Crippen LogP contribution in [0.5, 0.6) is 0 Å². The maximum Gasteiger partial charge on any atom is 0.0931 e. The zero-order valence-corrected chi connectivity index (χ0v) is 11.3. The SMILES string of the molecule is CC(Nc1cccc2cn[nH]c12)c1csc(Cl)c1. The van der Waals surface area contributed by atoms with Crippen molar-refractivity contribution in [1.82, 2.24) is 10.2 Å². The van der Waals surface area contributed by atoms with Gasteiger partial charge in [0.05, 0.1) is 21.7 Å². The fourth-order valence-electron chi connectivity index (χ4n) is 1.96. The molecule has 1 aromatic carbocycles. The Kier molecular flexibility index (Phi) is 2.97. The Bertz CT molecular complexity index is 673. The van der Waals surface area contributed by atoms with E-state index in [0.29, 0.717) is 0 Å². The van der Waals surface area contributed by atoms with Crippen molar-refractivity contribution in [1.29, 1.82) is 0 Å². The molecule has 0 aliphatic rings. The molecule has 2 heterocycles. The average molecular weight is 278 g/mol. The van der Waals surface area contributed by atoms with E-state index in [4.69, 9.17) is 11.6 Å². The number of hydrogen-bond donors (Lipinski definition) is 2. The van der Waals surface area contributed by atoms with Crippen LogP contribution in [0.2, 0.25) is 4.34 Å². The van der Waals surface area contributed by atoms with Gasteiger partial charge in [0, 0.05) is 11.4 Å². The molecular weight excluding hydrogens is 266 g/mol. The molecule has 0 saturated heterocycles. The van der Waals surface area contributed by atoms with Gasteiger partial charge in [-0.25, -0.2) is 0 Å². The topological polar surface area (TPSA) is 40.7 Å². The second-order valence-electron chi connectivity index (χ2n) is 4.19. The number of fused-ring (bicyclic) bond motifs is 1. The van der Waals surface area contributed by atoms with Gasteiger partial charge < -0.3 is 5.32 Å². The van der Waals surface area contributed by atoms with E-state index in [9.17, 15) is 0 Å². The van der Waals surface area contributed by atoms with Crippen molar-refractivity contribution in [2.24, 2.45) is 0 Å². The summed E-state index contributed by atoms with van der Waals surface area (Å²) in [4.78, 5) is 0. The molecule has 0 spiro atoms. The summed E-state index contributed by atoms with van der Waals surface area (Å²) in [5.74, 6) is 0. The third-order valence-corrected chi connectivity index (χ3v) is 4.05. The molecule has 1 atom stereocenters. The number of hydrogen-bond acceptors (Lipinski definition) is 3. The first-order valence-corrected chi connectivity index (χ1v) is 6.92. The molecule has 18 heavy (non-hydrogen) atoms. The lowest BCUT2D eigenvalue weighted by atomic mass is 10.1. The first kappa shape index (κ1) is 11.6. The summed E-state index contributed by atoms with van der Waals surface area (Å²) in [6, 6.07) is 8.31. The van der Waals surface area contributed by atoms with E-state index >= 15 is 0 Å². The van der Waals surface area contributed by atoms with Gasteiger partial charge in [-0.2, -0.15) is 5.10 Å². The maximum atomic E-state index is 5.96. The number of H-pyrrole nitrogens is 1. The molecule has 3 aromatic rings. The molecule has 0 bridgehead atoms. The van der Waals surface area contributed by atoms with Crippen molar-refractivity contribution in [2.45, 2.75) is 13.0 Å². The third kappa shape index (κ3) is 2.09. The number of nitrogens with zero attached hydrogens (tertiary/aromatic N) is 1. The molecule has 0 radical (unpaired) electrons. The first-order chi connectivity index (χ1) is 8.74. The van der Waals surface area contributed by atoms with Gasteiger partial charge in [-0.1, -0.05) is 23.7 Å². The molecule has 3 nitrogen and oxygen atoms in total. The fraction of sp³-hybridized carbons (Fsp3) is 0.154. The molecule has 2 N–H and O–H groups in total. The zero-order chi connectivity index (χ0) is 12.5. The summed E-state index contributed by atoms with van der Waals surface area (Å²) in [5.41, 5.74) is 3.28. The van der Waals surface area contributed by atoms with Crippen molar-refractivity contribution in [3.05, 3.63) is 45.7 Å². The Morgan fingerprint density at radius 1 is 1.44 bits per heavy atom. The Morgan fingerprint density at radius 3 is 3.11 bits per heavy atom. The summed E-state index contributed by atoms with van der Waals surface area (Å²) < 4.78 is 0.818. The molecule has 0 aliphatic heterocycles. The minimum Gasteiger partial charge on any atom is -0.377 e. The highest BCUT2D eigenvalue weighted by Gasteiger charge is 2.10. The molecule has 5 heteroatoms. The fourth-order valence-corrected chi connectivity index (χ4v) is 2.94. The summed E-state index contributed by atoms with van der Waals surface area (Å²) in [6.45, 7) is 2.12. The predicted molar refractivity (Wildman–Crippen MR) is 77.5 cm³/mol. The summed E-state index contributed by atoms with van der Waals surface area (Å²) in [7, 11) is 0. The van der Waals surface area contributed by atoms with Crippen LogP contribution in [0.15, 0.2) is 35.8 Å². The minimum atomic E-state index is 0.211. The van der Waals surface area contributed by atoms with Crippen molar-refractivity contribution in [3.8, 4) is 0 Å². The molecule has 0 aliphatic carbocycles. The van der Waals surface area contributed by atoms with E-state index in [2.05, 4.69) is 27.8 Å². The average Bonchev–Trinajstić information content (AvgIpc) is 2.97. The van der Waals surface area contributed by atoms with E-state index in [0.717, 1.165) is 20.9 Å². The first-order valence-electron chi connectivity index (χ1n) is 5.66. The number of halogens is 1. The lowest BCUT2D eigenvalue weighted by Gasteiger charge is -2.14. The minimum absolute atomic E-state index is 0.211. The van der Waals surface area contributed by atoms with Gasteiger partial charge >= 0.3 is 0 Å². The van der Waals surface area contributed by atoms with Crippen LogP contribution in [0.25, 0.3) is 10.9 Å². The van der Waals surface area contributed by atoms with Crippen molar-refractivity contribution in [3.63, 3.8) is 0 Å². The van der Waals surface area contributed by atoms with Crippen LogP contribution in [0.4, 0.5) is 5.69 Å². The van der Waals surface area contributed by atoms with Crippen LogP contribution < -0.4 is 5.32 Å². The van der Waals surface area contributed by atoms with E-state index < -0.39 is 0 Å². The number of aromatic nitrogens is 2. The highest BCUT2D eigenvalue weighted by Crippen LogP contribution is 2.29. The van der Waals surface area contributed by atoms with E-state index in [-0.39, 0.29) is 6.04 Å². The zero-order valence-electron chi connectivity index (χ0n) is 9.77. The van der Waals surface area contributed by atoms with Gasteiger partial charge in [-0.15, -0.1) is 11.3 Å². The van der Waals surface area contributed by atoms with Crippen LogP contribution in [-0.4, -0.2) is 10.2 Å². The van der Waals surface area contributed by atoms with Crippen molar-refractivity contribution >= 4 is 39.5 Å². The number of thiophene rings is 1. The van der Waals surface area contributed by atoms with E-state index in [1.807, 2.05) is 30.5 Å². The molecule has 0 fully saturated rings. The smallest absolute Gasteiger partial charge is 0.0931 e. The van der Waals surface area contributed by atoms with Crippen molar-refractivity contribution < 1.29 is 0 Å². The lowest BCUT2D eigenvalue weighted by Crippen LogP contribution is -2.05. The predicted octanol–water partition coefficient (Wildman–Crippen LogP) is 4.45. The highest BCUT2D eigenvalue weighted by molar-refractivity contribution is 7.14. The molecule has 0 saturated carbocycles. The van der Waals surface area contributed by atoms with Gasteiger partial charge in [-0.05, 0) is 30.0 Å². The van der Waals surface area contributed by atoms with Gasteiger partial charge in [0.15, 0.2) is 0 Å². The standard InChI is InChI=1S/C13H12ClN3S/c1-8(10-5-12(14)18-7-10)16-11-4-2-3-9-6-15-17-13(9)11/h2-8,16H,1H3,(H,15,17). The Morgan fingerprint density at radius 2 is 2.33 bits per heavy atom. The number of benzene rings is 1. The Balaban J connectivity index is 1.90. The number of anilines is 1. The second kappa shape index (κ2) is 4.63.